The van der Waals surface area contributed by atoms with Gasteiger partial charge in [-0.3, -0.25) is 4.79 Å². The van der Waals surface area contributed by atoms with Gasteiger partial charge in [0.25, 0.3) is 0 Å². The zero-order chi connectivity index (χ0) is 25.2. The number of nitrogens with one attached hydrogen (secondary N) is 1. The van der Waals surface area contributed by atoms with Crippen LogP contribution in [-0.4, -0.2) is 42.3 Å². The maximum atomic E-state index is 13.7. The minimum absolute atomic E-state index is 0.203. The van der Waals surface area contributed by atoms with Crippen LogP contribution in [0.3, 0.4) is 0 Å². The molecule has 1 aliphatic rings. The van der Waals surface area contributed by atoms with Gasteiger partial charge in [-0.2, -0.15) is 0 Å². The standard InChI is InChI=1S/C27H30N2O6/c1-6-32-25-20-9-7-8-19(18(20)12-13-28-25)22(30)21-11-10-17(23-24(21)34-15-14-33-23)16(2)29-26(31)35-27(3,4)5/h7-13,16H,6,14-15H2,1-5H3,(H,29,31)/t16-/m0/s1. The first kappa shape index (κ1) is 24.3. The molecule has 0 spiro atoms. The van der Waals surface area contributed by atoms with Crippen molar-refractivity contribution in [1.82, 2.24) is 10.3 Å². The molecule has 3 aromatic rings. The quantitative estimate of drug-likeness (QED) is 0.485. The molecule has 1 aliphatic heterocycles. The first-order valence-electron chi connectivity index (χ1n) is 11.7. The molecule has 184 valence electrons. The lowest BCUT2D eigenvalue weighted by Crippen LogP contribution is -2.34. The van der Waals surface area contributed by atoms with Gasteiger partial charge in [0, 0.05) is 22.7 Å². The van der Waals surface area contributed by atoms with Gasteiger partial charge in [-0.25, -0.2) is 9.78 Å². The molecule has 35 heavy (non-hydrogen) atoms. The number of fused-ring (bicyclic) bond motifs is 2. The van der Waals surface area contributed by atoms with Crippen LogP contribution >= 0.6 is 0 Å². The molecule has 0 bridgehead atoms. The Kier molecular flexibility index (Phi) is 6.82. The van der Waals surface area contributed by atoms with E-state index in [2.05, 4.69) is 10.3 Å². The average molecular weight is 479 g/mol. The molecule has 0 aliphatic carbocycles. The Morgan fingerprint density at radius 2 is 1.77 bits per heavy atom. The fraction of sp³-hybridized carbons (Fsp3) is 0.370. The van der Waals surface area contributed by atoms with Crippen LogP contribution in [-0.2, 0) is 4.74 Å². The third-order valence-electron chi connectivity index (χ3n) is 5.46. The minimum atomic E-state index is -0.616. The van der Waals surface area contributed by atoms with Crippen LogP contribution in [0.25, 0.3) is 10.8 Å². The van der Waals surface area contributed by atoms with E-state index in [-0.39, 0.29) is 5.78 Å². The van der Waals surface area contributed by atoms with E-state index in [1.165, 1.54) is 0 Å². The number of rotatable bonds is 6. The normalized spacial score (nSPS) is 13.7. The molecular formula is C27H30N2O6. The number of amides is 1. The summed E-state index contributed by atoms with van der Waals surface area (Å²) >= 11 is 0. The number of benzene rings is 2. The molecule has 0 saturated carbocycles. The van der Waals surface area contributed by atoms with Crippen molar-refractivity contribution in [3.8, 4) is 17.4 Å². The molecule has 8 nitrogen and oxygen atoms in total. The van der Waals surface area contributed by atoms with Gasteiger partial charge >= 0.3 is 6.09 Å². The van der Waals surface area contributed by atoms with Gasteiger partial charge in [-0.15, -0.1) is 0 Å². The molecule has 2 heterocycles. The SMILES string of the molecule is CCOc1nccc2c(C(=O)c3ccc([C@H](C)NC(=O)OC(C)(C)C)c4c3OCCO4)cccc12. The average Bonchev–Trinajstić information content (AvgIpc) is 2.81. The van der Waals surface area contributed by atoms with E-state index in [0.717, 1.165) is 10.8 Å². The van der Waals surface area contributed by atoms with Crippen LogP contribution < -0.4 is 19.5 Å². The molecule has 1 amide bonds. The van der Waals surface area contributed by atoms with E-state index in [4.69, 9.17) is 18.9 Å². The number of hydrogen-bond acceptors (Lipinski definition) is 7. The van der Waals surface area contributed by atoms with Crippen molar-refractivity contribution >= 4 is 22.6 Å². The first-order valence-corrected chi connectivity index (χ1v) is 11.7. The van der Waals surface area contributed by atoms with Gasteiger partial charge in [0.1, 0.15) is 18.8 Å². The number of aromatic nitrogens is 1. The van der Waals surface area contributed by atoms with Crippen molar-refractivity contribution in [1.29, 1.82) is 0 Å². The number of alkyl carbamates (subject to hydrolysis) is 1. The van der Waals surface area contributed by atoms with E-state index < -0.39 is 17.7 Å². The number of pyridine rings is 1. The Balaban J connectivity index is 1.71. The smallest absolute Gasteiger partial charge is 0.408 e. The molecule has 4 rings (SSSR count). The van der Waals surface area contributed by atoms with E-state index >= 15 is 0 Å². The summed E-state index contributed by atoms with van der Waals surface area (Å²) in [6.45, 7) is 10.3. The van der Waals surface area contributed by atoms with Gasteiger partial charge in [0.05, 0.1) is 18.2 Å². The van der Waals surface area contributed by atoms with Crippen molar-refractivity contribution in [3.05, 3.63) is 59.3 Å². The summed E-state index contributed by atoms with van der Waals surface area (Å²) in [5.74, 6) is 1.10. The fourth-order valence-electron chi connectivity index (χ4n) is 4.01. The number of carbonyl (C=O) groups is 2. The molecular weight excluding hydrogens is 448 g/mol. The highest BCUT2D eigenvalue weighted by atomic mass is 16.6. The number of nitrogens with zero attached hydrogens (tertiary/aromatic N) is 1. The predicted molar refractivity (Wildman–Crippen MR) is 132 cm³/mol. The second kappa shape index (κ2) is 9.82. The lowest BCUT2D eigenvalue weighted by atomic mass is 9.94. The van der Waals surface area contributed by atoms with E-state index in [1.807, 2.05) is 26.0 Å². The van der Waals surface area contributed by atoms with Gasteiger partial charge in [0.2, 0.25) is 5.88 Å². The zero-order valence-corrected chi connectivity index (χ0v) is 20.6. The van der Waals surface area contributed by atoms with Crippen LogP contribution in [0.4, 0.5) is 4.79 Å². The van der Waals surface area contributed by atoms with Crippen molar-refractivity contribution < 1.29 is 28.5 Å². The summed E-state index contributed by atoms with van der Waals surface area (Å²) in [6, 6.07) is 10.3. The molecule has 1 atom stereocenters. The van der Waals surface area contributed by atoms with Crippen LogP contribution in [0, 0.1) is 0 Å². The van der Waals surface area contributed by atoms with E-state index in [0.29, 0.717) is 53.9 Å². The Morgan fingerprint density at radius 3 is 2.49 bits per heavy atom. The van der Waals surface area contributed by atoms with Crippen molar-refractivity contribution in [2.45, 2.75) is 46.3 Å². The topological polar surface area (TPSA) is 96.0 Å². The van der Waals surface area contributed by atoms with E-state index in [1.54, 1.807) is 51.2 Å². The predicted octanol–water partition coefficient (Wildman–Crippen LogP) is 5.22. The van der Waals surface area contributed by atoms with Gasteiger partial charge in [-0.1, -0.05) is 18.2 Å². The Bertz CT molecular complexity index is 1260. The van der Waals surface area contributed by atoms with Gasteiger partial charge < -0.3 is 24.3 Å². The molecule has 8 heteroatoms. The van der Waals surface area contributed by atoms with E-state index in [9.17, 15) is 9.59 Å². The molecule has 0 radical (unpaired) electrons. The zero-order valence-electron chi connectivity index (χ0n) is 20.6. The van der Waals surface area contributed by atoms with Crippen LogP contribution in [0.1, 0.15) is 62.1 Å². The Labute approximate surface area is 204 Å². The molecule has 0 saturated heterocycles. The highest BCUT2D eigenvalue weighted by Gasteiger charge is 2.28. The summed E-state index contributed by atoms with van der Waals surface area (Å²) < 4.78 is 22.9. The molecule has 0 unspecified atom stereocenters. The molecule has 1 N–H and O–H groups in total. The largest absolute Gasteiger partial charge is 0.486 e. The molecule has 2 aromatic carbocycles. The summed E-state index contributed by atoms with van der Waals surface area (Å²) in [7, 11) is 0. The summed E-state index contributed by atoms with van der Waals surface area (Å²) in [5, 5.41) is 4.33. The lowest BCUT2D eigenvalue weighted by Gasteiger charge is -2.27. The Morgan fingerprint density at radius 1 is 1.03 bits per heavy atom. The second-order valence-electron chi connectivity index (χ2n) is 9.20. The molecule has 0 fully saturated rings. The van der Waals surface area contributed by atoms with Crippen LogP contribution in [0.5, 0.6) is 17.4 Å². The monoisotopic (exact) mass is 478 g/mol. The lowest BCUT2D eigenvalue weighted by molar-refractivity contribution is 0.0506. The first-order chi connectivity index (χ1) is 16.7. The molecule has 1 aromatic heterocycles. The number of ketones is 1. The third-order valence-corrected chi connectivity index (χ3v) is 5.46. The number of hydrogen-bond donors (Lipinski definition) is 1. The van der Waals surface area contributed by atoms with Crippen molar-refractivity contribution in [2.75, 3.05) is 19.8 Å². The van der Waals surface area contributed by atoms with Gasteiger partial charge in [0.15, 0.2) is 17.3 Å². The minimum Gasteiger partial charge on any atom is -0.486 e. The summed E-state index contributed by atoms with van der Waals surface area (Å²) in [6.07, 6.45) is 1.09. The fourth-order valence-corrected chi connectivity index (χ4v) is 4.01. The highest BCUT2D eigenvalue weighted by Crippen LogP contribution is 2.41. The number of carbonyl (C=O) groups excluding carboxylic acids is 2. The van der Waals surface area contributed by atoms with Crippen molar-refractivity contribution in [2.24, 2.45) is 0 Å². The number of ether oxygens (including phenoxy) is 4. The highest BCUT2D eigenvalue weighted by molar-refractivity contribution is 6.18. The maximum absolute atomic E-state index is 13.7. The maximum Gasteiger partial charge on any atom is 0.408 e. The summed E-state index contributed by atoms with van der Waals surface area (Å²) in [5.41, 5.74) is 0.975. The van der Waals surface area contributed by atoms with Gasteiger partial charge in [-0.05, 0) is 58.2 Å². The second-order valence-corrected chi connectivity index (χ2v) is 9.20. The summed E-state index contributed by atoms with van der Waals surface area (Å²) in [4.78, 5) is 30.3. The van der Waals surface area contributed by atoms with Crippen LogP contribution in [0.15, 0.2) is 42.6 Å². The van der Waals surface area contributed by atoms with Crippen molar-refractivity contribution in [3.63, 3.8) is 0 Å². The third kappa shape index (κ3) is 5.16. The van der Waals surface area contributed by atoms with Crippen LogP contribution in [0.2, 0.25) is 0 Å². The Hall–Kier alpha value is -3.81.